The number of hydrogen-bond donors (Lipinski definition) is 0. The number of fused-ring (bicyclic) bond motifs is 1. The minimum absolute atomic E-state index is 0.0448. The average Bonchev–Trinajstić information content (AvgIpc) is 3.45. The maximum absolute atomic E-state index is 12.2. The molecule has 0 spiro atoms. The molecule has 1 heterocycles. The Morgan fingerprint density at radius 2 is 1.83 bits per heavy atom. The van der Waals surface area contributed by atoms with Gasteiger partial charge >= 0.3 is 5.97 Å². The van der Waals surface area contributed by atoms with Gasteiger partial charge in [0.1, 0.15) is 18.0 Å². The van der Waals surface area contributed by atoms with Crippen molar-refractivity contribution >= 4 is 16.9 Å². The van der Waals surface area contributed by atoms with Gasteiger partial charge in [-0.15, -0.1) is 0 Å². The second kappa shape index (κ2) is 8.10. The first-order valence-electron chi connectivity index (χ1n) is 10.6. The molecule has 2 unspecified atom stereocenters. The number of hydrogen-bond acceptors (Lipinski definition) is 4. The molecular formula is C26H29NO3. The van der Waals surface area contributed by atoms with Crippen LogP contribution in [0.5, 0.6) is 5.75 Å². The number of esters is 1. The van der Waals surface area contributed by atoms with Gasteiger partial charge in [0.15, 0.2) is 0 Å². The van der Waals surface area contributed by atoms with Crippen molar-refractivity contribution in [3.8, 4) is 5.75 Å². The lowest BCUT2D eigenvalue weighted by atomic mass is 10.1. The summed E-state index contributed by atoms with van der Waals surface area (Å²) in [4.78, 5) is 16.8. The highest BCUT2D eigenvalue weighted by atomic mass is 16.6. The molecule has 4 nitrogen and oxygen atoms in total. The summed E-state index contributed by atoms with van der Waals surface area (Å²) >= 11 is 0. The van der Waals surface area contributed by atoms with Crippen LogP contribution in [0.2, 0.25) is 0 Å². The Balaban J connectivity index is 1.34. The monoisotopic (exact) mass is 403 g/mol. The first-order chi connectivity index (χ1) is 14.3. The predicted octanol–water partition coefficient (Wildman–Crippen LogP) is 5.64. The second-order valence-electron chi connectivity index (χ2n) is 9.21. The largest absolute Gasteiger partial charge is 0.489 e. The molecule has 0 bridgehead atoms. The van der Waals surface area contributed by atoms with Crippen LogP contribution in [-0.4, -0.2) is 16.6 Å². The van der Waals surface area contributed by atoms with E-state index in [-0.39, 0.29) is 11.9 Å². The first-order valence-corrected chi connectivity index (χ1v) is 10.6. The summed E-state index contributed by atoms with van der Waals surface area (Å²) in [6.45, 7) is 8.25. The van der Waals surface area contributed by atoms with Gasteiger partial charge in [-0.25, -0.2) is 0 Å². The van der Waals surface area contributed by atoms with Crippen LogP contribution in [0.15, 0.2) is 54.6 Å². The highest BCUT2D eigenvalue weighted by molar-refractivity contribution is 5.82. The second-order valence-corrected chi connectivity index (χ2v) is 9.21. The van der Waals surface area contributed by atoms with E-state index in [2.05, 4.69) is 29.2 Å². The number of aromatic nitrogens is 1. The Bertz CT molecular complexity index is 1050. The number of para-hydroxylation sites is 1. The number of carbonyl (C=O) groups excluding carboxylic acids is 1. The van der Waals surface area contributed by atoms with Gasteiger partial charge in [-0.05, 0) is 76.3 Å². The molecule has 0 radical (unpaired) electrons. The van der Waals surface area contributed by atoms with Gasteiger partial charge in [0, 0.05) is 16.6 Å². The molecule has 1 aliphatic carbocycles. The summed E-state index contributed by atoms with van der Waals surface area (Å²) in [7, 11) is 0. The van der Waals surface area contributed by atoms with Crippen LogP contribution in [0.3, 0.4) is 0 Å². The molecule has 3 aromatic rings. The van der Waals surface area contributed by atoms with Crippen LogP contribution in [0.25, 0.3) is 10.9 Å². The van der Waals surface area contributed by atoms with E-state index in [1.165, 1.54) is 5.56 Å². The van der Waals surface area contributed by atoms with E-state index in [1.54, 1.807) is 0 Å². The van der Waals surface area contributed by atoms with E-state index in [1.807, 2.05) is 58.0 Å². The molecule has 1 fully saturated rings. The number of benzene rings is 2. The van der Waals surface area contributed by atoms with E-state index < -0.39 is 5.60 Å². The summed E-state index contributed by atoms with van der Waals surface area (Å²) in [6, 6.07) is 18.4. The highest BCUT2D eigenvalue weighted by Crippen LogP contribution is 2.42. The van der Waals surface area contributed by atoms with Crippen LogP contribution in [-0.2, 0) is 22.6 Å². The van der Waals surface area contributed by atoms with Crippen molar-refractivity contribution in [1.82, 2.24) is 4.98 Å². The molecule has 2 atom stereocenters. The molecule has 1 aromatic heterocycles. The summed E-state index contributed by atoms with van der Waals surface area (Å²) in [5.41, 5.74) is 3.94. The standard InChI is InChI=1S/C26H29NO3/c1-17-13-20(22-7-5-6-8-24(22)27-17)16-29-21-11-9-18(10-12-21)14-19-15-23(19)25(28)30-26(2,3)4/h5-13,19,23H,14-16H2,1-4H3. The zero-order valence-electron chi connectivity index (χ0n) is 18.1. The molecule has 30 heavy (non-hydrogen) atoms. The van der Waals surface area contributed by atoms with Crippen LogP contribution in [0, 0.1) is 18.8 Å². The van der Waals surface area contributed by atoms with E-state index in [4.69, 9.17) is 9.47 Å². The number of nitrogens with zero attached hydrogens (tertiary/aromatic N) is 1. The quantitative estimate of drug-likeness (QED) is 0.500. The minimum Gasteiger partial charge on any atom is -0.489 e. The molecule has 2 aromatic carbocycles. The molecule has 1 aliphatic rings. The van der Waals surface area contributed by atoms with Crippen LogP contribution in [0.1, 0.15) is 44.0 Å². The van der Waals surface area contributed by atoms with Crippen molar-refractivity contribution in [2.75, 3.05) is 0 Å². The number of rotatable bonds is 6. The Kier molecular flexibility index (Phi) is 5.50. The molecule has 0 amide bonds. The lowest BCUT2D eigenvalue weighted by molar-refractivity contribution is -0.156. The maximum Gasteiger partial charge on any atom is 0.309 e. The molecule has 0 aliphatic heterocycles. The first kappa shape index (κ1) is 20.4. The van der Waals surface area contributed by atoms with Crippen LogP contribution >= 0.6 is 0 Å². The van der Waals surface area contributed by atoms with Gasteiger partial charge in [0.2, 0.25) is 0 Å². The fraction of sp³-hybridized carbons (Fsp3) is 0.385. The summed E-state index contributed by atoms with van der Waals surface area (Å²) < 4.78 is 11.5. The maximum atomic E-state index is 12.2. The lowest BCUT2D eigenvalue weighted by Gasteiger charge is -2.19. The lowest BCUT2D eigenvalue weighted by Crippen LogP contribution is -2.25. The normalized spacial score (nSPS) is 18.3. The van der Waals surface area contributed by atoms with Gasteiger partial charge < -0.3 is 9.47 Å². The van der Waals surface area contributed by atoms with Crippen molar-refractivity contribution < 1.29 is 14.3 Å². The third-order valence-corrected chi connectivity index (χ3v) is 5.38. The van der Waals surface area contributed by atoms with Gasteiger partial charge in [0.05, 0.1) is 11.4 Å². The van der Waals surface area contributed by atoms with E-state index in [0.717, 1.165) is 40.8 Å². The van der Waals surface area contributed by atoms with Crippen molar-refractivity contribution in [3.05, 3.63) is 71.4 Å². The Morgan fingerprint density at radius 1 is 1.10 bits per heavy atom. The van der Waals surface area contributed by atoms with Crippen molar-refractivity contribution in [2.24, 2.45) is 11.8 Å². The van der Waals surface area contributed by atoms with E-state index >= 15 is 0 Å². The Labute approximate surface area is 178 Å². The molecule has 1 saturated carbocycles. The van der Waals surface area contributed by atoms with Crippen molar-refractivity contribution in [1.29, 1.82) is 0 Å². The number of pyridine rings is 1. The molecule has 0 N–H and O–H groups in total. The SMILES string of the molecule is Cc1cc(COc2ccc(CC3CC3C(=O)OC(C)(C)C)cc2)c2ccccc2n1. The van der Waals surface area contributed by atoms with Crippen LogP contribution in [0.4, 0.5) is 0 Å². The number of ether oxygens (including phenoxy) is 2. The highest BCUT2D eigenvalue weighted by Gasteiger charge is 2.44. The predicted molar refractivity (Wildman–Crippen MR) is 118 cm³/mol. The number of carbonyl (C=O) groups is 1. The van der Waals surface area contributed by atoms with Crippen molar-refractivity contribution in [2.45, 2.75) is 52.7 Å². The molecule has 0 saturated heterocycles. The molecule has 156 valence electrons. The fourth-order valence-electron chi connectivity index (χ4n) is 3.84. The minimum atomic E-state index is -0.415. The number of aryl methyl sites for hydroxylation is 1. The Morgan fingerprint density at radius 3 is 2.57 bits per heavy atom. The fourth-order valence-corrected chi connectivity index (χ4v) is 3.84. The zero-order valence-corrected chi connectivity index (χ0v) is 18.1. The van der Waals surface area contributed by atoms with Gasteiger partial charge in [-0.1, -0.05) is 30.3 Å². The molecule has 4 rings (SSSR count). The Hall–Kier alpha value is -2.88. The topological polar surface area (TPSA) is 48.4 Å². The average molecular weight is 404 g/mol. The molecular weight excluding hydrogens is 374 g/mol. The summed E-state index contributed by atoms with van der Waals surface area (Å²) in [5.74, 6) is 1.21. The zero-order chi connectivity index (χ0) is 21.3. The van der Waals surface area contributed by atoms with Gasteiger partial charge in [0.25, 0.3) is 0 Å². The molecule has 4 heteroatoms. The van der Waals surface area contributed by atoms with E-state index in [0.29, 0.717) is 12.5 Å². The van der Waals surface area contributed by atoms with Crippen LogP contribution < -0.4 is 4.74 Å². The van der Waals surface area contributed by atoms with Gasteiger partial charge in [-0.3, -0.25) is 9.78 Å². The smallest absolute Gasteiger partial charge is 0.309 e. The van der Waals surface area contributed by atoms with Gasteiger partial charge in [-0.2, -0.15) is 0 Å². The summed E-state index contributed by atoms with van der Waals surface area (Å²) in [5, 5.41) is 1.13. The third kappa shape index (κ3) is 4.99. The summed E-state index contributed by atoms with van der Waals surface area (Å²) in [6.07, 6.45) is 1.82. The third-order valence-electron chi connectivity index (χ3n) is 5.38. The van der Waals surface area contributed by atoms with Crippen molar-refractivity contribution in [3.63, 3.8) is 0 Å². The van der Waals surface area contributed by atoms with E-state index in [9.17, 15) is 4.79 Å².